The standard InChI is InChI=1S/C10H11ClF3N/c1-2-15-9(10(12,13)14)7-5-3-4-6-8(7)11/h3-6,9,15H,2H2,1H3. The quantitative estimate of drug-likeness (QED) is 0.848. The Labute approximate surface area is 91.2 Å². The van der Waals surface area contributed by atoms with Gasteiger partial charge in [-0.05, 0) is 18.2 Å². The Bertz CT molecular complexity index is 325. The zero-order valence-corrected chi connectivity index (χ0v) is 8.86. The van der Waals surface area contributed by atoms with Crippen molar-refractivity contribution in [2.75, 3.05) is 6.54 Å². The minimum atomic E-state index is -4.33. The van der Waals surface area contributed by atoms with Gasteiger partial charge in [0, 0.05) is 5.02 Å². The Morgan fingerprint density at radius 3 is 2.40 bits per heavy atom. The molecule has 0 radical (unpaired) electrons. The molecular weight excluding hydrogens is 227 g/mol. The van der Waals surface area contributed by atoms with Crippen molar-refractivity contribution in [1.29, 1.82) is 0 Å². The summed E-state index contributed by atoms with van der Waals surface area (Å²) < 4.78 is 38.0. The molecule has 0 aromatic heterocycles. The highest BCUT2D eigenvalue weighted by Gasteiger charge is 2.40. The monoisotopic (exact) mass is 237 g/mol. The molecule has 0 heterocycles. The summed E-state index contributed by atoms with van der Waals surface area (Å²) in [6.07, 6.45) is -4.33. The molecule has 1 rings (SSSR count). The first-order valence-electron chi connectivity index (χ1n) is 4.51. The van der Waals surface area contributed by atoms with E-state index in [4.69, 9.17) is 11.6 Å². The minimum Gasteiger partial charge on any atom is -0.303 e. The molecule has 0 amide bonds. The highest BCUT2D eigenvalue weighted by Crippen LogP contribution is 2.35. The van der Waals surface area contributed by atoms with Gasteiger partial charge < -0.3 is 5.32 Å². The normalized spacial score (nSPS) is 13.9. The Balaban J connectivity index is 3.05. The lowest BCUT2D eigenvalue weighted by Crippen LogP contribution is -2.34. The zero-order valence-electron chi connectivity index (χ0n) is 8.11. The molecule has 1 aromatic rings. The number of benzene rings is 1. The van der Waals surface area contributed by atoms with E-state index in [9.17, 15) is 13.2 Å². The number of hydrogen-bond acceptors (Lipinski definition) is 1. The average Bonchev–Trinajstić information content (AvgIpc) is 2.14. The van der Waals surface area contributed by atoms with Crippen molar-refractivity contribution >= 4 is 11.6 Å². The van der Waals surface area contributed by atoms with Crippen LogP contribution in [0.4, 0.5) is 13.2 Å². The van der Waals surface area contributed by atoms with Gasteiger partial charge in [-0.3, -0.25) is 0 Å². The van der Waals surface area contributed by atoms with Crippen LogP contribution in [0.3, 0.4) is 0 Å². The smallest absolute Gasteiger partial charge is 0.303 e. The molecule has 1 nitrogen and oxygen atoms in total. The van der Waals surface area contributed by atoms with Crippen LogP contribution in [0, 0.1) is 0 Å². The van der Waals surface area contributed by atoms with Crippen LogP contribution in [-0.4, -0.2) is 12.7 Å². The number of nitrogens with one attached hydrogen (secondary N) is 1. The molecule has 0 saturated carbocycles. The Morgan fingerprint density at radius 1 is 1.33 bits per heavy atom. The fraction of sp³-hybridized carbons (Fsp3) is 0.400. The highest BCUT2D eigenvalue weighted by atomic mass is 35.5. The van der Waals surface area contributed by atoms with Crippen molar-refractivity contribution in [2.24, 2.45) is 0 Å². The van der Waals surface area contributed by atoms with Gasteiger partial charge in [-0.25, -0.2) is 0 Å². The van der Waals surface area contributed by atoms with Crippen molar-refractivity contribution in [3.8, 4) is 0 Å². The van der Waals surface area contributed by atoms with Crippen LogP contribution in [0.15, 0.2) is 24.3 Å². The Kier molecular flexibility index (Phi) is 3.99. The van der Waals surface area contributed by atoms with Crippen LogP contribution in [0.5, 0.6) is 0 Å². The van der Waals surface area contributed by atoms with Crippen molar-refractivity contribution in [3.63, 3.8) is 0 Å². The third kappa shape index (κ3) is 3.11. The summed E-state index contributed by atoms with van der Waals surface area (Å²) in [6, 6.07) is 4.27. The molecule has 1 atom stereocenters. The molecule has 0 spiro atoms. The van der Waals surface area contributed by atoms with Crippen molar-refractivity contribution in [2.45, 2.75) is 19.1 Å². The number of halogens is 4. The Hall–Kier alpha value is -0.740. The summed E-state index contributed by atoms with van der Waals surface area (Å²) in [5.41, 5.74) is 0.0634. The second kappa shape index (κ2) is 4.86. The van der Waals surface area contributed by atoms with E-state index in [0.29, 0.717) is 0 Å². The third-order valence-corrected chi connectivity index (χ3v) is 2.30. The molecule has 1 N–H and O–H groups in total. The molecule has 0 fully saturated rings. The topological polar surface area (TPSA) is 12.0 Å². The van der Waals surface area contributed by atoms with E-state index < -0.39 is 12.2 Å². The van der Waals surface area contributed by atoms with Gasteiger partial charge in [-0.2, -0.15) is 13.2 Å². The number of rotatable bonds is 3. The molecule has 5 heteroatoms. The summed E-state index contributed by atoms with van der Waals surface area (Å²) in [5, 5.41) is 2.50. The van der Waals surface area contributed by atoms with Gasteiger partial charge in [-0.1, -0.05) is 36.7 Å². The molecular formula is C10H11ClF3N. The van der Waals surface area contributed by atoms with E-state index in [1.807, 2.05) is 0 Å². The maximum atomic E-state index is 12.7. The third-order valence-electron chi connectivity index (χ3n) is 1.95. The molecule has 1 aromatic carbocycles. The molecule has 0 aliphatic rings. The van der Waals surface area contributed by atoms with Crippen LogP contribution in [-0.2, 0) is 0 Å². The zero-order chi connectivity index (χ0) is 11.5. The van der Waals surface area contributed by atoms with E-state index in [2.05, 4.69) is 5.32 Å². The van der Waals surface area contributed by atoms with Gasteiger partial charge in [0.25, 0.3) is 0 Å². The lowest BCUT2D eigenvalue weighted by atomic mass is 10.1. The average molecular weight is 238 g/mol. The predicted octanol–water partition coefficient (Wildman–Crippen LogP) is 3.55. The summed E-state index contributed by atoms with van der Waals surface area (Å²) in [7, 11) is 0. The van der Waals surface area contributed by atoms with Crippen LogP contribution in [0.25, 0.3) is 0 Å². The highest BCUT2D eigenvalue weighted by molar-refractivity contribution is 6.31. The molecule has 15 heavy (non-hydrogen) atoms. The maximum Gasteiger partial charge on any atom is 0.407 e. The van der Waals surface area contributed by atoms with E-state index in [0.717, 1.165) is 0 Å². The number of hydrogen-bond donors (Lipinski definition) is 1. The SMILES string of the molecule is CCNC(c1ccccc1Cl)C(F)(F)F. The fourth-order valence-corrected chi connectivity index (χ4v) is 1.56. The molecule has 0 saturated heterocycles. The second-order valence-electron chi connectivity index (χ2n) is 3.05. The van der Waals surface area contributed by atoms with Crippen LogP contribution in [0.1, 0.15) is 18.5 Å². The summed E-state index contributed by atoms with van der Waals surface area (Å²) in [4.78, 5) is 0. The molecule has 0 bridgehead atoms. The summed E-state index contributed by atoms with van der Waals surface area (Å²) in [6.45, 7) is 1.85. The maximum absolute atomic E-state index is 12.7. The number of alkyl halides is 3. The van der Waals surface area contributed by atoms with E-state index >= 15 is 0 Å². The van der Waals surface area contributed by atoms with Gasteiger partial charge in [0.2, 0.25) is 0 Å². The van der Waals surface area contributed by atoms with Crippen molar-refractivity contribution in [1.82, 2.24) is 5.32 Å². The minimum absolute atomic E-state index is 0.0634. The first-order chi connectivity index (χ1) is 6.96. The summed E-state index contributed by atoms with van der Waals surface area (Å²) >= 11 is 5.72. The fourth-order valence-electron chi connectivity index (χ4n) is 1.32. The first kappa shape index (κ1) is 12.3. The van der Waals surface area contributed by atoms with E-state index in [1.165, 1.54) is 18.2 Å². The van der Waals surface area contributed by atoms with E-state index in [-0.39, 0.29) is 17.1 Å². The molecule has 84 valence electrons. The lowest BCUT2D eigenvalue weighted by molar-refractivity contribution is -0.157. The lowest BCUT2D eigenvalue weighted by Gasteiger charge is -2.22. The van der Waals surface area contributed by atoms with Gasteiger partial charge in [0.05, 0.1) is 0 Å². The first-order valence-corrected chi connectivity index (χ1v) is 4.89. The largest absolute Gasteiger partial charge is 0.407 e. The second-order valence-corrected chi connectivity index (χ2v) is 3.46. The van der Waals surface area contributed by atoms with Gasteiger partial charge in [-0.15, -0.1) is 0 Å². The molecule has 0 aliphatic carbocycles. The molecule has 1 unspecified atom stereocenters. The summed E-state index contributed by atoms with van der Waals surface area (Å²) in [5.74, 6) is 0. The van der Waals surface area contributed by atoms with Crippen LogP contribution in [0.2, 0.25) is 5.02 Å². The van der Waals surface area contributed by atoms with E-state index in [1.54, 1.807) is 13.0 Å². The van der Waals surface area contributed by atoms with Crippen LogP contribution < -0.4 is 5.32 Å². The van der Waals surface area contributed by atoms with Crippen LogP contribution >= 0.6 is 11.6 Å². The van der Waals surface area contributed by atoms with Gasteiger partial charge in [0.1, 0.15) is 6.04 Å². The van der Waals surface area contributed by atoms with Crippen molar-refractivity contribution < 1.29 is 13.2 Å². The van der Waals surface area contributed by atoms with Crippen molar-refractivity contribution in [3.05, 3.63) is 34.9 Å². The van der Waals surface area contributed by atoms with Gasteiger partial charge in [0.15, 0.2) is 0 Å². The predicted molar refractivity (Wildman–Crippen MR) is 53.9 cm³/mol. The molecule has 0 aliphatic heterocycles. The van der Waals surface area contributed by atoms with Gasteiger partial charge >= 0.3 is 6.18 Å². The Morgan fingerprint density at radius 2 is 1.93 bits per heavy atom.